The minimum Gasteiger partial charge on any atom is -0.494 e. The summed E-state index contributed by atoms with van der Waals surface area (Å²) in [6.45, 7) is 3.43. The number of benzene rings is 1. The molecule has 1 atom stereocenters. The van der Waals surface area contributed by atoms with Gasteiger partial charge in [-0.3, -0.25) is 0 Å². The van der Waals surface area contributed by atoms with Crippen molar-refractivity contribution in [2.45, 2.75) is 24.2 Å². The average Bonchev–Trinajstić information content (AvgIpc) is 3.19. The van der Waals surface area contributed by atoms with Gasteiger partial charge >= 0.3 is 0 Å². The highest BCUT2D eigenvalue weighted by atomic mass is 32.2. The summed E-state index contributed by atoms with van der Waals surface area (Å²) in [6.07, 6.45) is 2.41. The third kappa shape index (κ3) is 2.89. The molecule has 22 heavy (non-hydrogen) atoms. The van der Waals surface area contributed by atoms with Gasteiger partial charge in [0.15, 0.2) is 0 Å². The van der Waals surface area contributed by atoms with E-state index in [0.717, 1.165) is 12.2 Å². The van der Waals surface area contributed by atoms with Crippen LogP contribution < -0.4 is 4.74 Å². The first-order valence-electron chi connectivity index (χ1n) is 7.37. The van der Waals surface area contributed by atoms with Crippen molar-refractivity contribution in [3.63, 3.8) is 0 Å². The molecule has 0 saturated carbocycles. The number of hydrogen-bond acceptors (Lipinski definition) is 4. The minimum atomic E-state index is -3.46. The van der Waals surface area contributed by atoms with Crippen molar-refractivity contribution in [2.24, 2.45) is 0 Å². The second-order valence-corrected chi connectivity index (χ2v) is 7.21. The molecule has 1 aliphatic heterocycles. The molecule has 0 amide bonds. The third-order valence-electron chi connectivity index (χ3n) is 3.87. The van der Waals surface area contributed by atoms with Crippen LogP contribution in [0, 0.1) is 0 Å². The van der Waals surface area contributed by atoms with Crippen LogP contribution >= 0.6 is 0 Å². The molecule has 0 bridgehead atoms. The number of hydrogen-bond donors (Lipinski definition) is 0. The highest BCUT2D eigenvalue weighted by Crippen LogP contribution is 2.31. The molecule has 3 rings (SSSR count). The van der Waals surface area contributed by atoms with Crippen LogP contribution in [-0.4, -0.2) is 32.4 Å². The molecule has 0 spiro atoms. The van der Waals surface area contributed by atoms with Gasteiger partial charge in [-0.05, 0) is 49.7 Å². The van der Waals surface area contributed by atoms with Crippen molar-refractivity contribution in [1.29, 1.82) is 0 Å². The van der Waals surface area contributed by atoms with E-state index in [4.69, 9.17) is 9.15 Å². The molecular weight excluding hydrogens is 302 g/mol. The topological polar surface area (TPSA) is 59.8 Å². The molecular formula is C16H19NO4S. The maximum atomic E-state index is 12.7. The molecule has 1 saturated heterocycles. The molecule has 0 radical (unpaired) electrons. The zero-order chi connectivity index (χ0) is 15.6. The lowest BCUT2D eigenvalue weighted by atomic mass is 10.1. The minimum absolute atomic E-state index is 0.132. The first-order valence-corrected chi connectivity index (χ1v) is 8.81. The standard InChI is InChI=1S/C16H19NO4S/c1-2-20-14-5-7-15(8-6-14)22(18,19)17-10-9-13(12-17)16-4-3-11-21-16/h3-8,11,13H,2,9-10,12H2,1H3. The zero-order valence-corrected chi connectivity index (χ0v) is 13.3. The molecule has 6 heteroatoms. The number of nitrogens with zero attached hydrogens (tertiary/aromatic N) is 1. The van der Waals surface area contributed by atoms with Gasteiger partial charge < -0.3 is 9.15 Å². The predicted octanol–water partition coefficient (Wildman–Crippen LogP) is 2.86. The van der Waals surface area contributed by atoms with Gasteiger partial charge in [-0.15, -0.1) is 0 Å². The molecule has 2 heterocycles. The fraction of sp³-hybridized carbons (Fsp3) is 0.375. The summed E-state index contributed by atoms with van der Waals surface area (Å²) < 4.78 is 37.6. The molecule has 0 N–H and O–H groups in total. The van der Waals surface area contributed by atoms with E-state index in [2.05, 4.69) is 0 Å². The van der Waals surface area contributed by atoms with Crippen LogP contribution in [0.4, 0.5) is 0 Å². The molecule has 1 aromatic heterocycles. The van der Waals surface area contributed by atoms with E-state index >= 15 is 0 Å². The van der Waals surface area contributed by atoms with Crippen LogP contribution in [0.5, 0.6) is 5.75 Å². The van der Waals surface area contributed by atoms with Crippen molar-refractivity contribution in [1.82, 2.24) is 4.31 Å². The molecule has 1 aliphatic rings. The lowest BCUT2D eigenvalue weighted by Gasteiger charge is -2.16. The molecule has 5 nitrogen and oxygen atoms in total. The van der Waals surface area contributed by atoms with E-state index in [1.807, 2.05) is 19.1 Å². The third-order valence-corrected chi connectivity index (χ3v) is 5.75. The largest absolute Gasteiger partial charge is 0.494 e. The van der Waals surface area contributed by atoms with Gasteiger partial charge in [-0.2, -0.15) is 4.31 Å². The van der Waals surface area contributed by atoms with Crippen LogP contribution in [0.15, 0.2) is 52.0 Å². The van der Waals surface area contributed by atoms with Crippen molar-refractivity contribution in [3.8, 4) is 5.75 Å². The van der Waals surface area contributed by atoms with E-state index in [1.54, 1.807) is 30.5 Å². The maximum Gasteiger partial charge on any atom is 0.243 e. The number of furan rings is 1. The molecule has 1 unspecified atom stereocenters. The van der Waals surface area contributed by atoms with E-state index < -0.39 is 10.0 Å². The summed E-state index contributed by atoms with van der Waals surface area (Å²) in [5.74, 6) is 1.66. The fourth-order valence-electron chi connectivity index (χ4n) is 2.73. The first kappa shape index (κ1) is 15.1. The quantitative estimate of drug-likeness (QED) is 0.849. The van der Waals surface area contributed by atoms with Crippen molar-refractivity contribution in [2.75, 3.05) is 19.7 Å². The molecule has 0 aliphatic carbocycles. The summed E-state index contributed by atoms with van der Waals surface area (Å²) in [7, 11) is -3.46. The Hall–Kier alpha value is -1.79. The van der Waals surface area contributed by atoms with Gasteiger partial charge in [0.25, 0.3) is 0 Å². The normalized spacial score (nSPS) is 19.4. The van der Waals surface area contributed by atoms with E-state index in [0.29, 0.717) is 30.3 Å². The zero-order valence-electron chi connectivity index (χ0n) is 12.4. The van der Waals surface area contributed by atoms with Crippen LogP contribution in [0.2, 0.25) is 0 Å². The second kappa shape index (κ2) is 6.14. The molecule has 1 aromatic carbocycles. The Morgan fingerprint density at radius 3 is 2.68 bits per heavy atom. The number of rotatable bonds is 5. The second-order valence-electron chi connectivity index (χ2n) is 5.27. The Labute approximate surface area is 130 Å². The predicted molar refractivity (Wildman–Crippen MR) is 82.4 cm³/mol. The van der Waals surface area contributed by atoms with Crippen molar-refractivity contribution < 1.29 is 17.6 Å². The van der Waals surface area contributed by atoms with Gasteiger partial charge in [0.2, 0.25) is 10.0 Å². The van der Waals surface area contributed by atoms with E-state index in [9.17, 15) is 8.42 Å². The highest BCUT2D eigenvalue weighted by molar-refractivity contribution is 7.89. The number of sulfonamides is 1. The summed E-state index contributed by atoms with van der Waals surface area (Å²) >= 11 is 0. The van der Waals surface area contributed by atoms with Crippen LogP contribution in [0.25, 0.3) is 0 Å². The lowest BCUT2D eigenvalue weighted by Crippen LogP contribution is -2.28. The summed E-state index contributed by atoms with van der Waals surface area (Å²) in [4.78, 5) is 0.302. The Morgan fingerprint density at radius 1 is 1.27 bits per heavy atom. The molecule has 1 fully saturated rings. The maximum absolute atomic E-state index is 12.7. The Morgan fingerprint density at radius 2 is 2.05 bits per heavy atom. The van der Waals surface area contributed by atoms with E-state index in [1.165, 1.54) is 4.31 Å². The van der Waals surface area contributed by atoms with Gasteiger partial charge in [0, 0.05) is 19.0 Å². The summed E-state index contributed by atoms with van der Waals surface area (Å²) in [6, 6.07) is 10.3. The van der Waals surface area contributed by atoms with Gasteiger partial charge in [-0.1, -0.05) is 0 Å². The van der Waals surface area contributed by atoms with Crippen LogP contribution in [-0.2, 0) is 10.0 Å². The molecule has 2 aromatic rings. The van der Waals surface area contributed by atoms with Crippen LogP contribution in [0.1, 0.15) is 25.0 Å². The fourth-order valence-corrected chi connectivity index (χ4v) is 4.23. The number of ether oxygens (including phenoxy) is 1. The molecule has 118 valence electrons. The monoisotopic (exact) mass is 321 g/mol. The smallest absolute Gasteiger partial charge is 0.243 e. The van der Waals surface area contributed by atoms with Crippen molar-refractivity contribution >= 4 is 10.0 Å². The Kier molecular flexibility index (Phi) is 4.22. The van der Waals surface area contributed by atoms with Gasteiger partial charge in [-0.25, -0.2) is 8.42 Å². The Bertz CT molecular complexity index is 707. The summed E-state index contributed by atoms with van der Waals surface area (Å²) in [5.41, 5.74) is 0. The van der Waals surface area contributed by atoms with Gasteiger partial charge in [0.1, 0.15) is 11.5 Å². The van der Waals surface area contributed by atoms with Crippen LogP contribution in [0.3, 0.4) is 0 Å². The highest BCUT2D eigenvalue weighted by Gasteiger charge is 2.34. The average molecular weight is 321 g/mol. The first-order chi connectivity index (χ1) is 10.6. The SMILES string of the molecule is CCOc1ccc(S(=O)(=O)N2CCC(c3ccco3)C2)cc1. The lowest BCUT2D eigenvalue weighted by molar-refractivity contribution is 0.340. The van der Waals surface area contributed by atoms with E-state index in [-0.39, 0.29) is 5.92 Å². The Balaban J connectivity index is 1.76. The van der Waals surface area contributed by atoms with Gasteiger partial charge in [0.05, 0.1) is 17.8 Å². The van der Waals surface area contributed by atoms with Crippen molar-refractivity contribution in [3.05, 3.63) is 48.4 Å². The summed E-state index contributed by atoms with van der Waals surface area (Å²) in [5, 5.41) is 0.